The van der Waals surface area contributed by atoms with Gasteiger partial charge in [-0.15, -0.1) is 0 Å². The Kier molecular flexibility index (Phi) is 7.40. The van der Waals surface area contributed by atoms with Crippen LogP contribution in [0.2, 0.25) is 0 Å². The molecule has 1 amide bonds. The average Bonchev–Trinajstić information content (AvgIpc) is 2.44. The zero-order valence-electron chi connectivity index (χ0n) is 11.7. The molecule has 1 rings (SSSR count). The second-order valence-corrected chi connectivity index (χ2v) is 4.41. The van der Waals surface area contributed by atoms with Crippen molar-refractivity contribution in [3.8, 4) is 5.75 Å². The summed E-state index contributed by atoms with van der Waals surface area (Å²) in [5, 5.41) is 2.75. The van der Waals surface area contributed by atoms with Crippen LogP contribution in [0.25, 0.3) is 0 Å². The maximum atomic E-state index is 10.9. The number of nitrogens with one attached hydrogen (secondary N) is 1. The number of benzene rings is 1. The molecule has 104 valence electrons. The minimum atomic E-state index is -0.116. The van der Waals surface area contributed by atoms with Crippen molar-refractivity contribution in [2.75, 3.05) is 13.2 Å². The van der Waals surface area contributed by atoms with Crippen LogP contribution in [0.15, 0.2) is 36.9 Å². The normalized spacial score (nSPS) is 9.95. The number of unbranched alkanes of at least 4 members (excludes halogenated alkanes) is 1. The molecule has 0 aliphatic heterocycles. The first kappa shape index (κ1) is 15.3. The molecule has 0 fully saturated rings. The van der Waals surface area contributed by atoms with Crippen molar-refractivity contribution >= 4 is 5.91 Å². The molecule has 0 heterocycles. The number of hydrogen-bond acceptors (Lipinski definition) is 2. The van der Waals surface area contributed by atoms with Gasteiger partial charge in [-0.1, -0.05) is 38.1 Å². The number of carbonyl (C=O) groups is 1. The number of ether oxygens (including phenoxy) is 1. The number of amides is 1. The summed E-state index contributed by atoms with van der Waals surface area (Å²) < 4.78 is 5.79. The van der Waals surface area contributed by atoms with E-state index in [9.17, 15) is 4.79 Å². The Morgan fingerprint density at radius 1 is 1.37 bits per heavy atom. The van der Waals surface area contributed by atoms with Gasteiger partial charge >= 0.3 is 0 Å². The molecule has 0 atom stereocenters. The van der Waals surface area contributed by atoms with E-state index < -0.39 is 0 Å². The van der Waals surface area contributed by atoms with E-state index in [0.29, 0.717) is 13.2 Å². The van der Waals surface area contributed by atoms with Crippen molar-refractivity contribution < 1.29 is 9.53 Å². The lowest BCUT2D eigenvalue weighted by atomic mass is 10.1. The van der Waals surface area contributed by atoms with Gasteiger partial charge in [0, 0.05) is 6.54 Å². The Bertz CT molecular complexity index is 401. The van der Waals surface area contributed by atoms with Crippen LogP contribution in [0.5, 0.6) is 5.75 Å². The molecule has 0 aliphatic carbocycles. The lowest BCUT2D eigenvalue weighted by molar-refractivity contribution is -0.116. The van der Waals surface area contributed by atoms with Crippen LogP contribution >= 0.6 is 0 Å². The van der Waals surface area contributed by atoms with E-state index in [1.165, 1.54) is 11.6 Å². The minimum absolute atomic E-state index is 0.116. The number of hydrogen-bond donors (Lipinski definition) is 1. The van der Waals surface area contributed by atoms with Gasteiger partial charge in [-0.3, -0.25) is 4.79 Å². The highest BCUT2D eigenvalue weighted by Crippen LogP contribution is 2.19. The summed E-state index contributed by atoms with van der Waals surface area (Å²) in [6.07, 6.45) is 5.30. The predicted molar refractivity (Wildman–Crippen MR) is 78.4 cm³/mol. The highest BCUT2D eigenvalue weighted by molar-refractivity contribution is 5.86. The third-order valence-electron chi connectivity index (χ3n) is 2.81. The minimum Gasteiger partial charge on any atom is -0.493 e. The fraction of sp³-hybridized carbons (Fsp3) is 0.438. The summed E-state index contributed by atoms with van der Waals surface area (Å²) in [5.74, 6) is 0.869. The van der Waals surface area contributed by atoms with Crippen LogP contribution < -0.4 is 10.1 Å². The Morgan fingerprint density at radius 3 is 2.89 bits per heavy atom. The Hall–Kier alpha value is -1.77. The zero-order valence-corrected chi connectivity index (χ0v) is 11.7. The molecule has 0 saturated carbocycles. The smallest absolute Gasteiger partial charge is 0.243 e. The second kappa shape index (κ2) is 9.20. The third kappa shape index (κ3) is 6.09. The van der Waals surface area contributed by atoms with E-state index in [-0.39, 0.29) is 5.91 Å². The third-order valence-corrected chi connectivity index (χ3v) is 2.81. The van der Waals surface area contributed by atoms with E-state index in [1.807, 2.05) is 18.2 Å². The van der Waals surface area contributed by atoms with Gasteiger partial charge < -0.3 is 10.1 Å². The second-order valence-electron chi connectivity index (χ2n) is 4.41. The Balaban J connectivity index is 2.22. The van der Waals surface area contributed by atoms with Crippen LogP contribution in [-0.4, -0.2) is 19.1 Å². The van der Waals surface area contributed by atoms with Gasteiger partial charge in [-0.05, 0) is 37.0 Å². The highest BCUT2D eigenvalue weighted by Gasteiger charge is 2.01. The van der Waals surface area contributed by atoms with Gasteiger partial charge in [-0.2, -0.15) is 0 Å². The summed E-state index contributed by atoms with van der Waals surface area (Å²) in [4.78, 5) is 10.9. The Labute approximate surface area is 115 Å². The molecule has 19 heavy (non-hydrogen) atoms. The number of para-hydroxylation sites is 1. The molecule has 0 unspecified atom stereocenters. The van der Waals surface area contributed by atoms with E-state index in [0.717, 1.165) is 31.4 Å². The molecule has 3 nitrogen and oxygen atoms in total. The van der Waals surface area contributed by atoms with E-state index in [4.69, 9.17) is 4.74 Å². The summed E-state index contributed by atoms with van der Waals surface area (Å²) in [7, 11) is 0. The van der Waals surface area contributed by atoms with Crippen LogP contribution in [-0.2, 0) is 11.2 Å². The summed E-state index contributed by atoms with van der Waals surface area (Å²) in [6.45, 7) is 6.93. The van der Waals surface area contributed by atoms with Crippen molar-refractivity contribution in [1.82, 2.24) is 5.32 Å². The molecule has 0 aromatic heterocycles. The fourth-order valence-electron chi connectivity index (χ4n) is 1.81. The highest BCUT2D eigenvalue weighted by atomic mass is 16.5. The standard InChI is InChI=1S/C16H23NO2/c1-3-9-14-10-5-6-11-15(14)19-13-8-7-12-17-16(18)4-2/h4-6,10-11H,2-3,7-9,12-13H2,1H3,(H,17,18). The quantitative estimate of drug-likeness (QED) is 0.548. The molecule has 1 N–H and O–H groups in total. The van der Waals surface area contributed by atoms with E-state index >= 15 is 0 Å². The van der Waals surface area contributed by atoms with Crippen molar-refractivity contribution in [3.63, 3.8) is 0 Å². The molecular formula is C16H23NO2. The first-order valence-electron chi connectivity index (χ1n) is 6.89. The van der Waals surface area contributed by atoms with Gasteiger partial charge in [0.1, 0.15) is 5.75 Å². The predicted octanol–water partition coefficient (Wildman–Crippen LogP) is 3.10. The SMILES string of the molecule is C=CC(=O)NCCCCOc1ccccc1CCC. The van der Waals surface area contributed by atoms with Crippen LogP contribution in [0.4, 0.5) is 0 Å². The topological polar surface area (TPSA) is 38.3 Å². The van der Waals surface area contributed by atoms with E-state index in [2.05, 4.69) is 24.9 Å². The van der Waals surface area contributed by atoms with Gasteiger partial charge in [0.05, 0.1) is 6.61 Å². The average molecular weight is 261 g/mol. The first-order chi connectivity index (χ1) is 9.27. The number of rotatable bonds is 9. The summed E-state index contributed by atoms with van der Waals surface area (Å²) in [5.41, 5.74) is 1.27. The zero-order chi connectivity index (χ0) is 13.9. The van der Waals surface area contributed by atoms with Crippen LogP contribution in [0.3, 0.4) is 0 Å². The molecule has 3 heteroatoms. The molecule has 0 aliphatic rings. The van der Waals surface area contributed by atoms with Gasteiger partial charge in [0.2, 0.25) is 5.91 Å². The maximum absolute atomic E-state index is 10.9. The molecule has 0 saturated heterocycles. The lowest BCUT2D eigenvalue weighted by Crippen LogP contribution is -2.22. The first-order valence-corrected chi connectivity index (χ1v) is 6.89. The molecule has 1 aromatic carbocycles. The van der Waals surface area contributed by atoms with Gasteiger partial charge in [0.15, 0.2) is 0 Å². The van der Waals surface area contributed by atoms with Crippen LogP contribution in [0, 0.1) is 0 Å². The Morgan fingerprint density at radius 2 is 2.16 bits per heavy atom. The molecular weight excluding hydrogens is 238 g/mol. The van der Waals surface area contributed by atoms with Crippen molar-refractivity contribution in [3.05, 3.63) is 42.5 Å². The van der Waals surface area contributed by atoms with Crippen molar-refractivity contribution in [1.29, 1.82) is 0 Å². The lowest BCUT2D eigenvalue weighted by Gasteiger charge is -2.10. The summed E-state index contributed by atoms with van der Waals surface area (Å²) in [6, 6.07) is 8.18. The molecule has 1 aromatic rings. The number of carbonyl (C=O) groups excluding carboxylic acids is 1. The van der Waals surface area contributed by atoms with Gasteiger partial charge in [-0.25, -0.2) is 0 Å². The molecule has 0 bridgehead atoms. The van der Waals surface area contributed by atoms with E-state index in [1.54, 1.807) is 0 Å². The van der Waals surface area contributed by atoms with Crippen molar-refractivity contribution in [2.45, 2.75) is 32.6 Å². The largest absolute Gasteiger partial charge is 0.493 e. The monoisotopic (exact) mass is 261 g/mol. The molecule has 0 radical (unpaired) electrons. The summed E-state index contributed by atoms with van der Waals surface area (Å²) >= 11 is 0. The molecule has 0 spiro atoms. The van der Waals surface area contributed by atoms with Crippen LogP contribution in [0.1, 0.15) is 31.7 Å². The van der Waals surface area contributed by atoms with Crippen molar-refractivity contribution in [2.24, 2.45) is 0 Å². The fourth-order valence-corrected chi connectivity index (χ4v) is 1.81. The maximum Gasteiger partial charge on any atom is 0.243 e. The number of aryl methyl sites for hydroxylation is 1. The van der Waals surface area contributed by atoms with Gasteiger partial charge in [0.25, 0.3) is 0 Å².